The van der Waals surface area contributed by atoms with Crippen LogP contribution in [0.2, 0.25) is 0 Å². The lowest BCUT2D eigenvalue weighted by molar-refractivity contribution is 0.0784. The van der Waals surface area contributed by atoms with Crippen LogP contribution in [0.1, 0.15) is 28.7 Å². The number of pyridine rings is 1. The molecule has 1 amide bonds. The number of rotatable bonds is 6. The van der Waals surface area contributed by atoms with E-state index in [-0.39, 0.29) is 5.91 Å². The summed E-state index contributed by atoms with van der Waals surface area (Å²) >= 11 is 1.28. The maximum Gasteiger partial charge on any atom is 0.284 e. The molecule has 0 aromatic carbocycles. The van der Waals surface area contributed by atoms with Crippen molar-refractivity contribution in [1.82, 2.24) is 20.1 Å². The summed E-state index contributed by atoms with van der Waals surface area (Å²) in [4.78, 5) is 17.8. The van der Waals surface area contributed by atoms with Crippen LogP contribution in [-0.2, 0) is 6.54 Å². The highest BCUT2D eigenvalue weighted by Crippen LogP contribution is 2.17. The molecule has 106 valence electrons. The fraction of sp³-hybridized carbons (Fsp3) is 0.385. The molecule has 2 aromatic heterocycles. The van der Waals surface area contributed by atoms with Crippen LogP contribution < -0.4 is 5.32 Å². The zero-order valence-electron chi connectivity index (χ0n) is 11.5. The van der Waals surface area contributed by atoms with Gasteiger partial charge in [-0.2, -0.15) is 0 Å². The fourth-order valence-electron chi connectivity index (χ4n) is 1.61. The van der Waals surface area contributed by atoms with Crippen LogP contribution >= 0.6 is 11.3 Å². The van der Waals surface area contributed by atoms with Crippen LogP contribution in [-0.4, -0.2) is 39.6 Å². The van der Waals surface area contributed by atoms with Gasteiger partial charge in [0.15, 0.2) is 0 Å². The van der Waals surface area contributed by atoms with Crippen molar-refractivity contribution < 1.29 is 4.79 Å². The summed E-state index contributed by atoms with van der Waals surface area (Å²) < 4.78 is 0. The largest absolute Gasteiger partial charge is 0.360 e. The summed E-state index contributed by atoms with van der Waals surface area (Å²) in [6.45, 7) is 3.43. The van der Waals surface area contributed by atoms with E-state index < -0.39 is 0 Å². The first-order valence-corrected chi connectivity index (χ1v) is 7.24. The number of carbonyl (C=O) groups is 1. The molecule has 0 spiro atoms. The molecule has 7 heteroatoms. The molecule has 0 unspecified atom stereocenters. The number of anilines is 1. The van der Waals surface area contributed by atoms with Crippen molar-refractivity contribution in [2.75, 3.05) is 18.9 Å². The molecule has 0 fully saturated rings. The van der Waals surface area contributed by atoms with Crippen molar-refractivity contribution in [2.45, 2.75) is 19.9 Å². The summed E-state index contributed by atoms with van der Waals surface area (Å²) in [6.07, 6.45) is 4.43. The molecule has 2 heterocycles. The third-order valence-electron chi connectivity index (χ3n) is 2.65. The number of hydrogen-bond donors (Lipinski definition) is 1. The van der Waals surface area contributed by atoms with E-state index in [1.807, 2.05) is 12.1 Å². The van der Waals surface area contributed by atoms with Crippen molar-refractivity contribution in [3.63, 3.8) is 0 Å². The van der Waals surface area contributed by atoms with Gasteiger partial charge in [0, 0.05) is 32.5 Å². The van der Waals surface area contributed by atoms with E-state index in [1.54, 1.807) is 24.3 Å². The van der Waals surface area contributed by atoms with Crippen molar-refractivity contribution >= 4 is 22.4 Å². The molecule has 20 heavy (non-hydrogen) atoms. The molecule has 1 N–H and O–H groups in total. The SMILES string of the molecule is CCCNc1nnc(C(=O)N(C)Cc2ccncc2)s1. The zero-order valence-corrected chi connectivity index (χ0v) is 12.4. The molecule has 2 aromatic rings. The first-order chi connectivity index (χ1) is 9.70. The van der Waals surface area contributed by atoms with E-state index in [4.69, 9.17) is 0 Å². The fourth-order valence-corrected chi connectivity index (χ4v) is 2.37. The maximum atomic E-state index is 12.2. The zero-order chi connectivity index (χ0) is 14.4. The molecule has 0 saturated carbocycles. The van der Waals surface area contributed by atoms with Gasteiger partial charge in [-0.05, 0) is 24.1 Å². The van der Waals surface area contributed by atoms with Gasteiger partial charge >= 0.3 is 0 Å². The topological polar surface area (TPSA) is 71.0 Å². The highest BCUT2D eigenvalue weighted by Gasteiger charge is 2.17. The van der Waals surface area contributed by atoms with Gasteiger partial charge in [-0.3, -0.25) is 9.78 Å². The van der Waals surface area contributed by atoms with Crippen molar-refractivity contribution in [2.24, 2.45) is 0 Å². The Labute approximate surface area is 121 Å². The van der Waals surface area contributed by atoms with Crippen LogP contribution in [0.15, 0.2) is 24.5 Å². The Kier molecular flexibility index (Phi) is 5.00. The van der Waals surface area contributed by atoms with Crippen molar-refractivity contribution in [3.8, 4) is 0 Å². The van der Waals surface area contributed by atoms with Crippen LogP contribution in [0.3, 0.4) is 0 Å². The van der Waals surface area contributed by atoms with E-state index in [0.717, 1.165) is 18.5 Å². The number of carbonyl (C=O) groups excluding carboxylic acids is 1. The minimum atomic E-state index is -0.121. The summed E-state index contributed by atoms with van der Waals surface area (Å²) in [5.41, 5.74) is 1.03. The van der Waals surface area contributed by atoms with Crippen LogP contribution in [0.25, 0.3) is 0 Å². The Morgan fingerprint density at radius 3 is 2.80 bits per heavy atom. The predicted octanol–water partition coefficient (Wildman–Crippen LogP) is 2.03. The Morgan fingerprint density at radius 2 is 2.10 bits per heavy atom. The number of nitrogens with one attached hydrogen (secondary N) is 1. The molecule has 0 saturated heterocycles. The second kappa shape index (κ2) is 6.95. The second-order valence-electron chi connectivity index (χ2n) is 4.36. The molecular formula is C13H17N5OS. The number of amides is 1. The minimum absolute atomic E-state index is 0.121. The minimum Gasteiger partial charge on any atom is -0.360 e. The highest BCUT2D eigenvalue weighted by molar-refractivity contribution is 7.17. The van der Waals surface area contributed by atoms with Crippen molar-refractivity contribution in [1.29, 1.82) is 0 Å². The van der Waals surface area contributed by atoms with Gasteiger partial charge in [0.05, 0.1) is 0 Å². The third kappa shape index (κ3) is 3.74. The molecule has 0 radical (unpaired) electrons. The van der Waals surface area contributed by atoms with Gasteiger partial charge in [0.1, 0.15) is 0 Å². The van der Waals surface area contributed by atoms with E-state index in [0.29, 0.717) is 16.7 Å². The smallest absolute Gasteiger partial charge is 0.284 e. The average Bonchev–Trinajstić information content (AvgIpc) is 2.94. The summed E-state index contributed by atoms with van der Waals surface area (Å²) in [5, 5.41) is 12.1. The van der Waals surface area contributed by atoms with Crippen LogP contribution in [0.4, 0.5) is 5.13 Å². The molecule has 0 bridgehead atoms. The van der Waals surface area contributed by atoms with Gasteiger partial charge in [0.2, 0.25) is 10.1 Å². The monoisotopic (exact) mass is 291 g/mol. The molecular weight excluding hydrogens is 274 g/mol. The third-order valence-corrected chi connectivity index (χ3v) is 3.52. The molecule has 0 aliphatic heterocycles. The maximum absolute atomic E-state index is 12.2. The van der Waals surface area contributed by atoms with E-state index in [9.17, 15) is 4.79 Å². The Balaban J connectivity index is 1.98. The molecule has 0 aliphatic rings. The lowest BCUT2D eigenvalue weighted by atomic mass is 10.2. The van der Waals surface area contributed by atoms with Gasteiger partial charge < -0.3 is 10.2 Å². The summed E-state index contributed by atoms with van der Waals surface area (Å²) in [6, 6.07) is 3.77. The van der Waals surface area contributed by atoms with Gasteiger partial charge in [-0.25, -0.2) is 0 Å². The Morgan fingerprint density at radius 1 is 1.35 bits per heavy atom. The van der Waals surface area contributed by atoms with Crippen molar-refractivity contribution in [3.05, 3.63) is 35.1 Å². The summed E-state index contributed by atoms with van der Waals surface area (Å²) in [5.74, 6) is -0.121. The molecule has 2 rings (SSSR count). The lowest BCUT2D eigenvalue weighted by Crippen LogP contribution is -2.26. The molecule has 0 aliphatic carbocycles. The molecule has 0 atom stereocenters. The quantitative estimate of drug-likeness (QED) is 0.881. The standard InChI is InChI=1S/C13H17N5OS/c1-3-6-15-13-17-16-11(20-13)12(19)18(2)9-10-4-7-14-8-5-10/h4-5,7-8H,3,6,9H2,1-2H3,(H,15,17). The van der Waals surface area contributed by atoms with E-state index in [1.165, 1.54) is 11.3 Å². The second-order valence-corrected chi connectivity index (χ2v) is 5.33. The van der Waals surface area contributed by atoms with E-state index in [2.05, 4.69) is 27.4 Å². The Bertz CT molecular complexity index is 557. The number of aromatic nitrogens is 3. The summed E-state index contributed by atoms with van der Waals surface area (Å²) in [7, 11) is 1.75. The highest BCUT2D eigenvalue weighted by atomic mass is 32.1. The predicted molar refractivity (Wildman–Crippen MR) is 78.7 cm³/mol. The lowest BCUT2D eigenvalue weighted by Gasteiger charge is -2.15. The normalized spacial score (nSPS) is 10.3. The number of nitrogens with zero attached hydrogens (tertiary/aromatic N) is 4. The first-order valence-electron chi connectivity index (χ1n) is 6.42. The van der Waals surface area contributed by atoms with Gasteiger partial charge in [-0.1, -0.05) is 18.3 Å². The van der Waals surface area contributed by atoms with Crippen LogP contribution in [0.5, 0.6) is 0 Å². The van der Waals surface area contributed by atoms with Gasteiger partial charge in [-0.15, -0.1) is 10.2 Å². The Hall–Kier alpha value is -2.02. The average molecular weight is 291 g/mol. The van der Waals surface area contributed by atoms with Gasteiger partial charge in [0.25, 0.3) is 5.91 Å². The van der Waals surface area contributed by atoms with E-state index >= 15 is 0 Å². The first kappa shape index (κ1) is 14.4. The number of hydrogen-bond acceptors (Lipinski definition) is 6. The van der Waals surface area contributed by atoms with Crippen LogP contribution in [0, 0.1) is 0 Å². The molecule has 6 nitrogen and oxygen atoms in total.